The average molecular weight is 229 g/mol. The number of benzene rings is 1. The van der Waals surface area contributed by atoms with Crippen LogP contribution in [0.4, 0.5) is 5.69 Å². The number of amides is 1. The maximum atomic E-state index is 12.0. The molecule has 17 heavy (non-hydrogen) atoms. The summed E-state index contributed by atoms with van der Waals surface area (Å²) in [7, 11) is 0. The summed E-state index contributed by atoms with van der Waals surface area (Å²) in [6.07, 6.45) is 3.42. The highest BCUT2D eigenvalue weighted by Gasteiger charge is 2.50. The van der Waals surface area contributed by atoms with Gasteiger partial charge in [-0.2, -0.15) is 0 Å². The molecular weight excluding hydrogens is 218 g/mol. The third-order valence-electron chi connectivity index (χ3n) is 3.16. The summed E-state index contributed by atoms with van der Waals surface area (Å²) in [5, 5.41) is 2.77. The monoisotopic (exact) mass is 229 g/mol. The number of fused-ring (bicyclic) bond motifs is 2. The minimum Gasteiger partial charge on any atom is -0.440 e. The van der Waals surface area contributed by atoms with Crippen LogP contribution in [0.1, 0.15) is 17.5 Å². The summed E-state index contributed by atoms with van der Waals surface area (Å²) >= 11 is 0. The first kappa shape index (κ1) is 10.1. The molecule has 4 heteroatoms. The Kier molecular flexibility index (Phi) is 1.90. The molecule has 0 radical (unpaired) electrons. The third kappa shape index (κ3) is 1.30. The van der Waals surface area contributed by atoms with Crippen LogP contribution < -0.4 is 5.32 Å². The average Bonchev–Trinajstić information content (AvgIpc) is 2.51. The van der Waals surface area contributed by atoms with Gasteiger partial charge in [0.05, 0.1) is 0 Å². The SMILES string of the molecule is Cc1ccc2c(c1)NC(=O)[C@@]21CC=CC(=O)O1. The Hall–Kier alpha value is -2.10. The van der Waals surface area contributed by atoms with Crippen molar-refractivity contribution >= 4 is 17.6 Å². The topological polar surface area (TPSA) is 55.4 Å². The number of anilines is 1. The molecule has 1 aromatic carbocycles. The van der Waals surface area contributed by atoms with Crippen LogP contribution in [0, 0.1) is 6.92 Å². The molecule has 0 bridgehead atoms. The molecule has 0 saturated carbocycles. The van der Waals surface area contributed by atoms with E-state index in [9.17, 15) is 9.59 Å². The molecule has 2 aliphatic heterocycles. The number of carbonyl (C=O) groups excluding carboxylic acids is 2. The summed E-state index contributed by atoms with van der Waals surface area (Å²) in [6.45, 7) is 1.95. The normalized spacial score (nSPS) is 25.7. The van der Waals surface area contributed by atoms with E-state index in [2.05, 4.69) is 5.32 Å². The lowest BCUT2D eigenvalue weighted by Crippen LogP contribution is -2.40. The number of nitrogens with one attached hydrogen (secondary N) is 1. The van der Waals surface area contributed by atoms with Crippen LogP contribution in [0.25, 0.3) is 0 Å². The van der Waals surface area contributed by atoms with Crippen molar-refractivity contribution in [2.45, 2.75) is 18.9 Å². The van der Waals surface area contributed by atoms with E-state index in [1.165, 1.54) is 6.08 Å². The van der Waals surface area contributed by atoms with E-state index < -0.39 is 11.6 Å². The first-order valence-electron chi connectivity index (χ1n) is 5.44. The lowest BCUT2D eigenvalue weighted by atomic mass is 9.89. The fourth-order valence-electron chi connectivity index (χ4n) is 2.33. The van der Waals surface area contributed by atoms with Crippen molar-refractivity contribution in [3.05, 3.63) is 41.5 Å². The van der Waals surface area contributed by atoms with E-state index in [0.717, 1.165) is 16.8 Å². The van der Waals surface area contributed by atoms with Crippen molar-refractivity contribution in [2.24, 2.45) is 0 Å². The Morgan fingerprint density at radius 3 is 2.94 bits per heavy atom. The second-order valence-electron chi connectivity index (χ2n) is 4.36. The minimum atomic E-state index is -1.16. The number of hydrogen-bond donors (Lipinski definition) is 1. The first-order chi connectivity index (χ1) is 8.12. The predicted octanol–water partition coefficient (Wildman–Crippen LogP) is 1.65. The number of esters is 1. The summed E-state index contributed by atoms with van der Waals surface area (Å²) < 4.78 is 5.28. The van der Waals surface area contributed by atoms with Crippen molar-refractivity contribution in [3.8, 4) is 0 Å². The van der Waals surface area contributed by atoms with Crippen LogP contribution in [0.5, 0.6) is 0 Å². The number of aryl methyl sites for hydroxylation is 1. The van der Waals surface area contributed by atoms with Gasteiger partial charge in [-0.3, -0.25) is 4.79 Å². The van der Waals surface area contributed by atoms with Crippen molar-refractivity contribution in [1.29, 1.82) is 0 Å². The van der Waals surface area contributed by atoms with Crippen molar-refractivity contribution in [2.75, 3.05) is 5.32 Å². The highest BCUT2D eigenvalue weighted by molar-refractivity contribution is 6.07. The van der Waals surface area contributed by atoms with Gasteiger partial charge in [0.15, 0.2) is 0 Å². The molecule has 0 unspecified atom stereocenters. The first-order valence-corrected chi connectivity index (χ1v) is 5.44. The number of ether oxygens (including phenoxy) is 1. The summed E-state index contributed by atoms with van der Waals surface area (Å²) in [5.74, 6) is -0.740. The molecule has 86 valence electrons. The van der Waals surface area contributed by atoms with Gasteiger partial charge in [-0.15, -0.1) is 0 Å². The van der Waals surface area contributed by atoms with E-state index in [1.54, 1.807) is 6.08 Å². The number of rotatable bonds is 0. The van der Waals surface area contributed by atoms with Crippen molar-refractivity contribution in [3.63, 3.8) is 0 Å². The second-order valence-corrected chi connectivity index (χ2v) is 4.36. The fraction of sp³-hybridized carbons (Fsp3) is 0.231. The predicted molar refractivity (Wildman–Crippen MR) is 61.3 cm³/mol. The van der Waals surface area contributed by atoms with Crippen LogP contribution in [-0.4, -0.2) is 11.9 Å². The molecule has 1 amide bonds. The van der Waals surface area contributed by atoms with E-state index in [-0.39, 0.29) is 5.91 Å². The van der Waals surface area contributed by atoms with Crippen LogP contribution in [-0.2, 0) is 19.9 Å². The Bertz CT molecular complexity index is 562. The van der Waals surface area contributed by atoms with Gasteiger partial charge in [0.1, 0.15) is 0 Å². The molecule has 1 N–H and O–H groups in total. The molecule has 0 aromatic heterocycles. The molecule has 1 aromatic rings. The van der Waals surface area contributed by atoms with Gasteiger partial charge in [-0.25, -0.2) is 4.79 Å². The molecule has 3 rings (SSSR count). The smallest absolute Gasteiger partial charge is 0.331 e. The lowest BCUT2D eigenvalue weighted by molar-refractivity contribution is -0.163. The van der Waals surface area contributed by atoms with Crippen LogP contribution >= 0.6 is 0 Å². The highest BCUT2D eigenvalue weighted by atomic mass is 16.6. The Morgan fingerprint density at radius 1 is 1.35 bits per heavy atom. The Balaban J connectivity index is 2.17. The van der Waals surface area contributed by atoms with E-state index in [0.29, 0.717) is 6.42 Å². The van der Waals surface area contributed by atoms with Gasteiger partial charge in [0, 0.05) is 23.7 Å². The summed E-state index contributed by atoms with van der Waals surface area (Å²) in [4.78, 5) is 23.4. The zero-order chi connectivity index (χ0) is 12.0. The molecule has 0 saturated heterocycles. The summed E-state index contributed by atoms with van der Waals surface area (Å²) in [5.41, 5.74) is 1.37. The number of hydrogen-bond acceptors (Lipinski definition) is 3. The maximum absolute atomic E-state index is 12.0. The minimum absolute atomic E-state index is 0.268. The molecule has 0 aliphatic carbocycles. The van der Waals surface area contributed by atoms with E-state index >= 15 is 0 Å². The Morgan fingerprint density at radius 2 is 2.18 bits per heavy atom. The number of carbonyl (C=O) groups is 2. The molecule has 4 nitrogen and oxygen atoms in total. The fourth-order valence-corrected chi connectivity index (χ4v) is 2.33. The molecule has 2 heterocycles. The maximum Gasteiger partial charge on any atom is 0.331 e. The third-order valence-corrected chi connectivity index (χ3v) is 3.16. The van der Waals surface area contributed by atoms with Crippen LogP contribution in [0.3, 0.4) is 0 Å². The van der Waals surface area contributed by atoms with Crippen molar-refractivity contribution < 1.29 is 14.3 Å². The van der Waals surface area contributed by atoms with Crippen molar-refractivity contribution in [1.82, 2.24) is 0 Å². The lowest BCUT2D eigenvalue weighted by Gasteiger charge is -2.28. The highest BCUT2D eigenvalue weighted by Crippen LogP contribution is 2.43. The van der Waals surface area contributed by atoms with Gasteiger partial charge < -0.3 is 10.1 Å². The quantitative estimate of drug-likeness (QED) is 0.688. The van der Waals surface area contributed by atoms with Gasteiger partial charge in [-0.05, 0) is 18.6 Å². The van der Waals surface area contributed by atoms with Gasteiger partial charge in [0.2, 0.25) is 5.60 Å². The molecule has 1 spiro atoms. The Labute approximate surface area is 98.3 Å². The molecular formula is C13H11NO3. The second kappa shape index (κ2) is 3.20. The molecule has 0 fully saturated rings. The van der Waals surface area contributed by atoms with Gasteiger partial charge in [-0.1, -0.05) is 18.2 Å². The van der Waals surface area contributed by atoms with E-state index in [1.807, 2.05) is 25.1 Å². The summed E-state index contributed by atoms with van der Waals surface area (Å²) in [6, 6.07) is 5.64. The van der Waals surface area contributed by atoms with Gasteiger partial charge >= 0.3 is 5.97 Å². The van der Waals surface area contributed by atoms with Crippen LogP contribution in [0.2, 0.25) is 0 Å². The zero-order valence-corrected chi connectivity index (χ0v) is 9.32. The van der Waals surface area contributed by atoms with Gasteiger partial charge in [0.25, 0.3) is 5.91 Å². The molecule has 2 aliphatic rings. The van der Waals surface area contributed by atoms with E-state index in [4.69, 9.17) is 4.74 Å². The zero-order valence-electron chi connectivity index (χ0n) is 9.32. The molecule has 1 atom stereocenters. The standard InChI is InChI=1S/C13H11NO3/c1-8-4-5-9-10(7-8)14-12(16)13(9)6-2-3-11(15)17-13/h2-5,7H,6H2,1H3,(H,14,16)/t13-/m1/s1. The largest absolute Gasteiger partial charge is 0.440 e. The van der Waals surface area contributed by atoms with Crippen LogP contribution in [0.15, 0.2) is 30.4 Å².